The summed E-state index contributed by atoms with van der Waals surface area (Å²) in [4.78, 5) is 0. The average Bonchev–Trinajstić information content (AvgIpc) is 3.13. The van der Waals surface area contributed by atoms with E-state index in [0.717, 1.165) is 42.5 Å². The molecule has 0 bridgehead atoms. The van der Waals surface area contributed by atoms with Crippen LogP contribution in [0, 0.1) is 0 Å². The Kier molecular flexibility index (Phi) is 4.54. The molecule has 4 nitrogen and oxygen atoms in total. The molecule has 0 spiro atoms. The van der Waals surface area contributed by atoms with Crippen molar-refractivity contribution in [3.8, 4) is 5.75 Å². The van der Waals surface area contributed by atoms with Crippen LogP contribution in [-0.4, -0.2) is 25.4 Å². The van der Waals surface area contributed by atoms with Crippen molar-refractivity contribution in [3.63, 3.8) is 0 Å². The number of methoxy groups -OCH3 is 1. The fourth-order valence-corrected chi connectivity index (χ4v) is 4.34. The highest BCUT2D eigenvalue weighted by molar-refractivity contribution is 9.10. The number of hydrogen-bond donors (Lipinski definition) is 2. The van der Waals surface area contributed by atoms with E-state index in [1.54, 1.807) is 7.11 Å². The van der Waals surface area contributed by atoms with Gasteiger partial charge in [-0.05, 0) is 42.5 Å². The van der Waals surface area contributed by atoms with Crippen LogP contribution in [0.2, 0.25) is 0 Å². The van der Waals surface area contributed by atoms with Crippen LogP contribution in [0.15, 0.2) is 16.6 Å². The minimum atomic E-state index is -0.150. The molecule has 0 radical (unpaired) electrons. The summed E-state index contributed by atoms with van der Waals surface area (Å²) < 4.78 is 12.8. The van der Waals surface area contributed by atoms with Crippen molar-refractivity contribution in [2.45, 2.75) is 50.2 Å². The molecule has 21 heavy (non-hydrogen) atoms. The summed E-state index contributed by atoms with van der Waals surface area (Å²) in [7, 11) is 1.80. The van der Waals surface area contributed by atoms with Gasteiger partial charge >= 0.3 is 0 Å². The lowest BCUT2D eigenvalue weighted by atomic mass is 9.87. The number of halogens is 1. The quantitative estimate of drug-likeness (QED) is 0.630. The maximum Gasteiger partial charge on any atom is 0.125 e. The minimum absolute atomic E-state index is 0.104. The predicted octanol–water partition coefficient (Wildman–Crippen LogP) is 2.72. The largest absolute Gasteiger partial charge is 0.493 e. The summed E-state index contributed by atoms with van der Waals surface area (Å²) in [5, 5.41) is 0. The molecule has 1 fully saturated rings. The molecule has 1 aromatic rings. The molecule has 1 aliphatic carbocycles. The molecule has 0 amide bonds. The van der Waals surface area contributed by atoms with E-state index in [9.17, 15) is 0 Å². The van der Waals surface area contributed by atoms with Crippen LogP contribution in [0.1, 0.15) is 36.8 Å². The number of nitrogens with two attached hydrogens (primary N) is 1. The van der Waals surface area contributed by atoms with Gasteiger partial charge < -0.3 is 9.47 Å². The molecule has 3 N–H and O–H groups in total. The van der Waals surface area contributed by atoms with Gasteiger partial charge in [-0.2, -0.15) is 0 Å². The van der Waals surface area contributed by atoms with Gasteiger partial charge in [0.1, 0.15) is 5.75 Å². The van der Waals surface area contributed by atoms with Gasteiger partial charge in [0.2, 0.25) is 0 Å². The Hall–Kier alpha value is -0.620. The summed E-state index contributed by atoms with van der Waals surface area (Å²) in [6.45, 7) is 0.773. The van der Waals surface area contributed by atoms with Crippen LogP contribution in [0.25, 0.3) is 0 Å². The van der Waals surface area contributed by atoms with Crippen LogP contribution in [-0.2, 0) is 17.6 Å². The lowest BCUT2D eigenvalue weighted by Crippen LogP contribution is -2.54. The van der Waals surface area contributed by atoms with E-state index in [1.807, 2.05) is 0 Å². The average molecular weight is 355 g/mol. The number of nitrogens with one attached hydrogen (secondary N) is 1. The van der Waals surface area contributed by atoms with Crippen molar-refractivity contribution < 1.29 is 9.47 Å². The maximum absolute atomic E-state index is 5.88. The van der Waals surface area contributed by atoms with E-state index in [0.29, 0.717) is 0 Å². The monoisotopic (exact) mass is 354 g/mol. The van der Waals surface area contributed by atoms with Crippen molar-refractivity contribution in [2.24, 2.45) is 5.84 Å². The Bertz CT molecular complexity index is 515. The van der Waals surface area contributed by atoms with Crippen LogP contribution in [0.5, 0.6) is 5.75 Å². The Balaban J connectivity index is 1.88. The Labute approximate surface area is 134 Å². The van der Waals surface area contributed by atoms with Gasteiger partial charge in [-0.25, -0.2) is 0 Å². The van der Waals surface area contributed by atoms with Gasteiger partial charge in [0.05, 0.1) is 18.2 Å². The standard InChI is InChI=1S/C16H23BrN2O2/c1-20-16(5-2-3-6-16)14(19-18)10-12-9-13(17)8-11-4-7-21-15(11)12/h8-9,14,19H,2-7,10,18H2,1H3. The zero-order chi connectivity index (χ0) is 14.9. The first-order valence-corrected chi connectivity index (χ1v) is 8.43. The Morgan fingerprint density at radius 2 is 2.19 bits per heavy atom. The van der Waals surface area contributed by atoms with Gasteiger partial charge in [-0.1, -0.05) is 28.8 Å². The molecule has 5 heteroatoms. The van der Waals surface area contributed by atoms with Gasteiger partial charge in [-0.15, -0.1) is 0 Å². The first kappa shape index (κ1) is 15.3. The molecule has 1 aromatic carbocycles. The zero-order valence-electron chi connectivity index (χ0n) is 12.5. The van der Waals surface area contributed by atoms with Crippen LogP contribution in [0.4, 0.5) is 0 Å². The SMILES string of the molecule is COC1(C(Cc2cc(Br)cc3c2OCC3)NN)CCCC1. The highest BCUT2D eigenvalue weighted by atomic mass is 79.9. The molecule has 1 aliphatic heterocycles. The number of rotatable bonds is 5. The normalized spacial score (nSPS) is 21.1. The summed E-state index contributed by atoms with van der Waals surface area (Å²) >= 11 is 3.60. The third-order valence-electron chi connectivity index (χ3n) is 4.94. The van der Waals surface area contributed by atoms with Crippen LogP contribution < -0.4 is 16.0 Å². The third-order valence-corrected chi connectivity index (χ3v) is 5.40. The minimum Gasteiger partial charge on any atom is -0.493 e. The maximum atomic E-state index is 5.88. The lowest BCUT2D eigenvalue weighted by molar-refractivity contribution is -0.0356. The topological polar surface area (TPSA) is 56.5 Å². The molecule has 2 aliphatic rings. The van der Waals surface area contributed by atoms with Gasteiger partial charge in [-0.3, -0.25) is 11.3 Å². The number of fused-ring (bicyclic) bond motifs is 1. The predicted molar refractivity (Wildman–Crippen MR) is 86.4 cm³/mol. The molecule has 116 valence electrons. The van der Waals surface area contributed by atoms with Crippen LogP contribution >= 0.6 is 15.9 Å². The van der Waals surface area contributed by atoms with E-state index in [-0.39, 0.29) is 11.6 Å². The Morgan fingerprint density at radius 1 is 1.43 bits per heavy atom. The number of benzene rings is 1. The summed E-state index contributed by atoms with van der Waals surface area (Å²) in [5.41, 5.74) is 5.35. The van der Waals surface area contributed by atoms with Gasteiger partial charge in [0, 0.05) is 18.0 Å². The highest BCUT2D eigenvalue weighted by Crippen LogP contribution is 2.39. The summed E-state index contributed by atoms with van der Waals surface area (Å²) in [6, 6.07) is 4.40. The summed E-state index contributed by atoms with van der Waals surface area (Å²) in [6.07, 6.45) is 6.35. The molecule has 1 saturated carbocycles. The van der Waals surface area contributed by atoms with Crippen LogP contribution in [0.3, 0.4) is 0 Å². The van der Waals surface area contributed by atoms with Crippen molar-refractivity contribution >= 4 is 15.9 Å². The van der Waals surface area contributed by atoms with E-state index in [1.165, 1.54) is 24.0 Å². The lowest BCUT2D eigenvalue weighted by Gasteiger charge is -2.36. The Morgan fingerprint density at radius 3 is 2.86 bits per heavy atom. The first-order valence-electron chi connectivity index (χ1n) is 7.64. The molecule has 1 unspecified atom stereocenters. The molecule has 3 rings (SSSR count). The third kappa shape index (κ3) is 2.84. The summed E-state index contributed by atoms with van der Waals surface area (Å²) in [5.74, 6) is 6.91. The molecule has 0 saturated heterocycles. The molecule has 1 heterocycles. The highest BCUT2D eigenvalue weighted by Gasteiger charge is 2.41. The van der Waals surface area contributed by atoms with Crippen molar-refractivity contribution in [2.75, 3.05) is 13.7 Å². The van der Waals surface area contributed by atoms with Gasteiger partial charge in [0.25, 0.3) is 0 Å². The smallest absolute Gasteiger partial charge is 0.125 e. The number of hydrogen-bond acceptors (Lipinski definition) is 4. The molecule has 0 aromatic heterocycles. The number of ether oxygens (including phenoxy) is 2. The van der Waals surface area contributed by atoms with E-state index in [4.69, 9.17) is 15.3 Å². The molecular weight excluding hydrogens is 332 g/mol. The zero-order valence-corrected chi connectivity index (χ0v) is 14.0. The first-order chi connectivity index (χ1) is 10.2. The van der Waals surface area contributed by atoms with Crippen molar-refractivity contribution in [3.05, 3.63) is 27.7 Å². The van der Waals surface area contributed by atoms with E-state index < -0.39 is 0 Å². The fraction of sp³-hybridized carbons (Fsp3) is 0.625. The second kappa shape index (κ2) is 6.24. The van der Waals surface area contributed by atoms with Crippen molar-refractivity contribution in [1.82, 2.24) is 5.43 Å². The fourth-order valence-electron chi connectivity index (χ4n) is 3.78. The second-order valence-electron chi connectivity index (χ2n) is 6.05. The van der Waals surface area contributed by atoms with E-state index >= 15 is 0 Å². The van der Waals surface area contributed by atoms with E-state index in [2.05, 4.69) is 33.5 Å². The van der Waals surface area contributed by atoms with Gasteiger partial charge in [0.15, 0.2) is 0 Å². The second-order valence-corrected chi connectivity index (χ2v) is 6.97. The number of hydrazine groups is 1. The van der Waals surface area contributed by atoms with Crippen molar-refractivity contribution in [1.29, 1.82) is 0 Å². The molecular formula is C16H23BrN2O2. The molecule has 1 atom stereocenters.